The predicted octanol–water partition coefficient (Wildman–Crippen LogP) is 4.21. The molecule has 3 aromatic rings. The summed E-state index contributed by atoms with van der Waals surface area (Å²) in [6.07, 6.45) is 0. The number of nitrogens with one attached hydrogen (secondary N) is 1. The molecule has 1 aromatic heterocycles. The van der Waals surface area contributed by atoms with Gasteiger partial charge in [-0.05, 0) is 18.2 Å². The van der Waals surface area contributed by atoms with Crippen molar-refractivity contribution in [1.82, 2.24) is 4.98 Å². The van der Waals surface area contributed by atoms with Crippen LogP contribution < -0.4 is 5.32 Å². The third-order valence-corrected chi connectivity index (χ3v) is 5.25. The van der Waals surface area contributed by atoms with Gasteiger partial charge >= 0.3 is 0 Å². The quantitative estimate of drug-likeness (QED) is 0.406. The van der Waals surface area contributed by atoms with E-state index in [0.717, 1.165) is 30.0 Å². The maximum atomic E-state index is 13.5. The van der Waals surface area contributed by atoms with Gasteiger partial charge in [-0.15, -0.1) is 11.3 Å². The highest BCUT2D eigenvalue weighted by Gasteiger charge is 2.13. The number of carbonyl (C=O) groups is 1. The van der Waals surface area contributed by atoms with E-state index in [1.165, 1.54) is 29.5 Å². The van der Waals surface area contributed by atoms with Crippen molar-refractivity contribution in [1.29, 1.82) is 0 Å². The van der Waals surface area contributed by atoms with E-state index in [1.807, 2.05) is 0 Å². The third kappa shape index (κ3) is 4.09. The largest absolute Gasteiger partial charge is 0.323 e. The van der Waals surface area contributed by atoms with E-state index in [0.29, 0.717) is 14.6 Å². The molecule has 128 valence electrons. The molecule has 0 spiro atoms. The summed E-state index contributed by atoms with van der Waals surface area (Å²) in [4.78, 5) is 26.4. The van der Waals surface area contributed by atoms with E-state index in [1.54, 1.807) is 0 Å². The van der Waals surface area contributed by atoms with Crippen molar-refractivity contribution in [2.24, 2.45) is 0 Å². The monoisotopic (exact) mass is 381 g/mol. The second-order valence-corrected chi connectivity index (χ2v) is 7.10. The van der Waals surface area contributed by atoms with Crippen molar-refractivity contribution in [2.45, 2.75) is 4.34 Å². The summed E-state index contributed by atoms with van der Waals surface area (Å²) >= 11 is 2.32. The minimum atomic E-state index is -0.730. The molecule has 6 nitrogen and oxygen atoms in total. The Hall–Kier alpha value is -2.59. The van der Waals surface area contributed by atoms with Crippen molar-refractivity contribution in [3.63, 3.8) is 0 Å². The fourth-order valence-electron chi connectivity index (χ4n) is 1.97. The highest BCUT2D eigenvalue weighted by atomic mass is 32.2. The highest BCUT2D eigenvalue weighted by Crippen LogP contribution is 2.31. The van der Waals surface area contributed by atoms with Crippen LogP contribution in [0.2, 0.25) is 0 Å². The first kappa shape index (κ1) is 17.2. The second-order valence-electron chi connectivity index (χ2n) is 4.85. The van der Waals surface area contributed by atoms with Gasteiger partial charge in [0.15, 0.2) is 4.34 Å². The Bertz CT molecular complexity index is 978. The third-order valence-electron chi connectivity index (χ3n) is 3.09. The molecule has 0 aliphatic carbocycles. The molecule has 0 aliphatic rings. The number of hydrogen-bond donors (Lipinski definition) is 1. The molecule has 0 saturated carbocycles. The number of aromatic nitrogens is 1. The Morgan fingerprint density at radius 3 is 2.84 bits per heavy atom. The number of anilines is 1. The van der Waals surface area contributed by atoms with Crippen molar-refractivity contribution >= 4 is 50.6 Å². The van der Waals surface area contributed by atoms with Gasteiger partial charge in [-0.2, -0.15) is 0 Å². The van der Waals surface area contributed by atoms with Gasteiger partial charge in [-0.1, -0.05) is 11.8 Å². The molecule has 0 radical (unpaired) electrons. The SMILES string of the molecule is O=C(CSc1nc2ccc([N+](=O)[O-])cc2s1)Nc1cc(F)ccc1F. The fraction of sp³-hybridized carbons (Fsp3) is 0.0667. The molecule has 0 bridgehead atoms. The van der Waals surface area contributed by atoms with E-state index in [2.05, 4.69) is 10.3 Å². The number of benzene rings is 2. The van der Waals surface area contributed by atoms with E-state index >= 15 is 0 Å². The Kier molecular flexibility index (Phi) is 4.91. The summed E-state index contributed by atoms with van der Waals surface area (Å²) < 4.78 is 27.7. The number of halogens is 2. The van der Waals surface area contributed by atoms with Crippen LogP contribution in [0.1, 0.15) is 0 Å². The van der Waals surface area contributed by atoms with Crippen LogP contribution in [-0.2, 0) is 4.79 Å². The Morgan fingerprint density at radius 1 is 1.28 bits per heavy atom. The zero-order chi connectivity index (χ0) is 18.0. The lowest BCUT2D eigenvalue weighted by atomic mass is 10.3. The first-order chi connectivity index (χ1) is 11.9. The molecule has 0 unspecified atom stereocenters. The average molecular weight is 381 g/mol. The number of amides is 1. The smallest absolute Gasteiger partial charge is 0.270 e. The van der Waals surface area contributed by atoms with Crippen molar-refractivity contribution in [3.05, 3.63) is 58.1 Å². The number of non-ortho nitro benzene ring substituents is 1. The van der Waals surface area contributed by atoms with Crippen LogP contribution in [0, 0.1) is 21.7 Å². The number of thiazole rings is 1. The number of nitrogens with zero attached hydrogens (tertiary/aromatic N) is 2. The van der Waals surface area contributed by atoms with E-state index in [4.69, 9.17) is 0 Å². The summed E-state index contributed by atoms with van der Waals surface area (Å²) in [7, 11) is 0. The molecule has 0 fully saturated rings. The Morgan fingerprint density at radius 2 is 2.08 bits per heavy atom. The Balaban J connectivity index is 1.66. The van der Waals surface area contributed by atoms with Gasteiger partial charge in [-0.25, -0.2) is 13.8 Å². The molecule has 1 heterocycles. The average Bonchev–Trinajstić information content (AvgIpc) is 2.98. The topological polar surface area (TPSA) is 85.1 Å². The van der Waals surface area contributed by atoms with Crippen molar-refractivity contribution in [2.75, 3.05) is 11.1 Å². The fourth-order valence-corrected chi connectivity index (χ4v) is 3.88. The van der Waals surface area contributed by atoms with Gasteiger partial charge in [0.2, 0.25) is 5.91 Å². The molecular formula is C15H9F2N3O3S2. The summed E-state index contributed by atoms with van der Waals surface area (Å²) in [5, 5.41) is 13.1. The number of nitro groups is 1. The van der Waals surface area contributed by atoms with E-state index in [-0.39, 0.29) is 17.1 Å². The van der Waals surface area contributed by atoms with E-state index < -0.39 is 22.5 Å². The van der Waals surface area contributed by atoms with Crippen molar-refractivity contribution in [3.8, 4) is 0 Å². The molecular weight excluding hydrogens is 372 g/mol. The molecule has 10 heteroatoms. The van der Waals surface area contributed by atoms with Gasteiger partial charge in [0.05, 0.1) is 26.6 Å². The molecule has 1 N–H and O–H groups in total. The number of carbonyl (C=O) groups excluding carboxylic acids is 1. The second kappa shape index (κ2) is 7.11. The summed E-state index contributed by atoms with van der Waals surface area (Å²) in [5.74, 6) is -1.96. The van der Waals surface area contributed by atoms with Crippen LogP contribution in [0.3, 0.4) is 0 Å². The number of rotatable bonds is 5. The first-order valence-electron chi connectivity index (χ1n) is 6.85. The minimum absolute atomic E-state index is 0.0352. The standard InChI is InChI=1S/C15H9F2N3O3S2/c16-8-1-3-10(17)12(5-8)18-14(21)7-24-15-19-11-4-2-9(20(22)23)6-13(11)25-15/h1-6H,7H2,(H,18,21). The van der Waals surface area contributed by atoms with Crippen LogP contribution in [0.5, 0.6) is 0 Å². The minimum Gasteiger partial charge on any atom is -0.323 e. The lowest BCUT2D eigenvalue weighted by Gasteiger charge is -2.05. The van der Waals surface area contributed by atoms with Crippen LogP contribution in [0.25, 0.3) is 10.2 Å². The summed E-state index contributed by atoms with van der Waals surface area (Å²) in [6, 6.07) is 7.10. The predicted molar refractivity (Wildman–Crippen MR) is 92.0 cm³/mol. The van der Waals surface area contributed by atoms with Crippen molar-refractivity contribution < 1.29 is 18.5 Å². The van der Waals surface area contributed by atoms with Crippen LogP contribution >= 0.6 is 23.1 Å². The zero-order valence-corrected chi connectivity index (χ0v) is 14.0. The van der Waals surface area contributed by atoms with Gasteiger partial charge in [0, 0.05) is 18.2 Å². The normalized spacial score (nSPS) is 10.8. The number of nitro benzene ring substituents is 1. The molecule has 0 aliphatic heterocycles. The van der Waals surface area contributed by atoms with Crippen LogP contribution in [0.4, 0.5) is 20.2 Å². The lowest BCUT2D eigenvalue weighted by Crippen LogP contribution is -2.15. The van der Waals surface area contributed by atoms with Crippen LogP contribution in [-0.4, -0.2) is 21.6 Å². The maximum absolute atomic E-state index is 13.5. The molecule has 3 rings (SSSR count). The van der Waals surface area contributed by atoms with Gasteiger partial charge < -0.3 is 5.32 Å². The Labute approximate surface area is 148 Å². The summed E-state index contributed by atoms with van der Waals surface area (Å²) in [6.45, 7) is 0. The number of fused-ring (bicyclic) bond motifs is 1. The lowest BCUT2D eigenvalue weighted by molar-refractivity contribution is -0.384. The maximum Gasteiger partial charge on any atom is 0.270 e. The van der Waals surface area contributed by atoms with Gasteiger partial charge in [-0.3, -0.25) is 14.9 Å². The molecule has 2 aromatic carbocycles. The summed E-state index contributed by atoms with van der Waals surface area (Å²) in [5.41, 5.74) is 0.326. The highest BCUT2D eigenvalue weighted by molar-refractivity contribution is 8.01. The first-order valence-corrected chi connectivity index (χ1v) is 8.65. The van der Waals surface area contributed by atoms with Gasteiger partial charge in [0.25, 0.3) is 5.69 Å². The van der Waals surface area contributed by atoms with Crippen LogP contribution in [0.15, 0.2) is 40.7 Å². The number of hydrogen-bond acceptors (Lipinski definition) is 6. The molecule has 0 atom stereocenters. The van der Waals surface area contributed by atoms with E-state index in [9.17, 15) is 23.7 Å². The zero-order valence-electron chi connectivity index (χ0n) is 12.4. The molecule has 25 heavy (non-hydrogen) atoms. The number of thioether (sulfide) groups is 1. The molecule has 0 saturated heterocycles. The van der Waals surface area contributed by atoms with Gasteiger partial charge in [0.1, 0.15) is 11.6 Å². The molecule has 1 amide bonds.